The van der Waals surface area contributed by atoms with E-state index in [1.807, 2.05) is 30.3 Å². The predicted molar refractivity (Wildman–Crippen MR) is 137 cm³/mol. The molecule has 1 N–H and O–H groups in total. The summed E-state index contributed by atoms with van der Waals surface area (Å²) in [6, 6.07) is 13.5. The monoisotopic (exact) mass is 531 g/mol. The molecule has 0 radical (unpaired) electrons. The van der Waals surface area contributed by atoms with Crippen molar-refractivity contribution in [2.45, 2.75) is 38.5 Å². The van der Waals surface area contributed by atoms with Gasteiger partial charge in [0.15, 0.2) is 11.5 Å². The average molecular weight is 532 g/mol. The Bertz CT molecular complexity index is 1330. The number of esters is 1. The lowest BCUT2D eigenvalue weighted by Crippen LogP contribution is -2.51. The first-order valence-corrected chi connectivity index (χ1v) is 12.9. The Labute approximate surface area is 212 Å². The maximum Gasteiger partial charge on any atom is 0.317 e. The SMILES string of the molecule is COc1cc(C=C(C#N)c2nc3ccccc3[nH]2)cc(Br)c1OC(=O)C12CC3CC(CC(C3)C1)C2. The van der Waals surface area contributed by atoms with Crippen LogP contribution in [0, 0.1) is 34.5 Å². The Morgan fingerprint density at radius 1 is 1.17 bits per heavy atom. The van der Waals surface area contributed by atoms with Gasteiger partial charge in [0.05, 0.1) is 33.6 Å². The van der Waals surface area contributed by atoms with E-state index < -0.39 is 0 Å². The number of halogens is 1. The van der Waals surface area contributed by atoms with Gasteiger partial charge in [-0.15, -0.1) is 0 Å². The first kappa shape index (κ1) is 22.4. The number of nitrogens with zero attached hydrogens (tertiary/aromatic N) is 2. The summed E-state index contributed by atoms with van der Waals surface area (Å²) in [7, 11) is 1.56. The Hall–Kier alpha value is -3.11. The van der Waals surface area contributed by atoms with E-state index in [9.17, 15) is 10.1 Å². The van der Waals surface area contributed by atoms with Crippen molar-refractivity contribution < 1.29 is 14.3 Å². The molecule has 0 atom stereocenters. The van der Waals surface area contributed by atoms with Gasteiger partial charge in [0, 0.05) is 0 Å². The summed E-state index contributed by atoms with van der Waals surface area (Å²) in [5.74, 6) is 3.20. The Morgan fingerprint density at radius 3 is 2.49 bits per heavy atom. The maximum absolute atomic E-state index is 13.5. The first-order valence-electron chi connectivity index (χ1n) is 12.1. The highest BCUT2D eigenvalue weighted by atomic mass is 79.9. The highest BCUT2D eigenvalue weighted by Crippen LogP contribution is 2.60. The number of aromatic amines is 1. The molecule has 4 aliphatic carbocycles. The molecule has 4 fully saturated rings. The molecule has 0 unspecified atom stereocenters. The molecule has 7 rings (SSSR count). The van der Waals surface area contributed by atoms with Gasteiger partial charge in [-0.3, -0.25) is 4.79 Å². The zero-order valence-corrected chi connectivity index (χ0v) is 21.1. The van der Waals surface area contributed by atoms with E-state index in [2.05, 4.69) is 32.0 Å². The van der Waals surface area contributed by atoms with Crippen LogP contribution in [-0.2, 0) is 4.79 Å². The second kappa shape index (κ2) is 8.53. The van der Waals surface area contributed by atoms with Gasteiger partial charge in [-0.25, -0.2) is 4.98 Å². The molecule has 4 saturated carbocycles. The summed E-state index contributed by atoms with van der Waals surface area (Å²) in [5, 5.41) is 9.80. The van der Waals surface area contributed by atoms with Gasteiger partial charge < -0.3 is 14.5 Å². The summed E-state index contributed by atoms with van der Waals surface area (Å²) in [6.45, 7) is 0. The molecular weight excluding hydrogens is 506 g/mol. The maximum atomic E-state index is 13.5. The number of rotatable bonds is 5. The lowest BCUT2D eigenvalue weighted by molar-refractivity contribution is -0.161. The molecule has 35 heavy (non-hydrogen) atoms. The van der Waals surface area contributed by atoms with Crippen molar-refractivity contribution in [1.82, 2.24) is 9.97 Å². The number of hydrogen-bond donors (Lipinski definition) is 1. The van der Waals surface area contributed by atoms with Crippen LogP contribution in [0.15, 0.2) is 40.9 Å². The van der Waals surface area contributed by atoms with Crippen LogP contribution in [0.1, 0.15) is 49.9 Å². The van der Waals surface area contributed by atoms with Crippen molar-refractivity contribution in [3.05, 3.63) is 52.3 Å². The summed E-state index contributed by atoms with van der Waals surface area (Å²) < 4.78 is 12.3. The largest absolute Gasteiger partial charge is 0.493 e. The fraction of sp³-hybridized carbons (Fsp3) is 0.393. The zero-order valence-electron chi connectivity index (χ0n) is 19.5. The molecular formula is C28H26BrN3O3. The van der Waals surface area contributed by atoms with Gasteiger partial charge in [0.1, 0.15) is 11.9 Å². The summed E-state index contributed by atoms with van der Waals surface area (Å²) >= 11 is 3.58. The van der Waals surface area contributed by atoms with Gasteiger partial charge in [-0.05, 0) is 108 Å². The van der Waals surface area contributed by atoms with Crippen molar-refractivity contribution >= 4 is 44.6 Å². The van der Waals surface area contributed by atoms with E-state index >= 15 is 0 Å². The van der Waals surface area contributed by atoms with E-state index in [4.69, 9.17) is 9.47 Å². The van der Waals surface area contributed by atoms with Gasteiger partial charge >= 0.3 is 5.97 Å². The number of fused-ring (bicyclic) bond motifs is 1. The predicted octanol–water partition coefficient (Wildman–Crippen LogP) is 6.52. The normalized spacial score (nSPS) is 27.1. The number of carbonyl (C=O) groups is 1. The number of ether oxygens (including phenoxy) is 2. The number of allylic oxidation sites excluding steroid dienone is 1. The fourth-order valence-electron chi connectivity index (χ4n) is 6.88. The lowest BCUT2D eigenvalue weighted by atomic mass is 9.49. The number of hydrogen-bond acceptors (Lipinski definition) is 5. The summed E-state index contributed by atoms with van der Waals surface area (Å²) in [6.07, 6.45) is 8.40. The van der Waals surface area contributed by atoms with Crippen molar-refractivity contribution in [2.24, 2.45) is 23.2 Å². The molecule has 2 aromatic carbocycles. The van der Waals surface area contributed by atoms with Crippen LogP contribution in [0.3, 0.4) is 0 Å². The van der Waals surface area contributed by atoms with Crippen molar-refractivity contribution in [3.8, 4) is 17.6 Å². The zero-order chi connectivity index (χ0) is 24.2. The summed E-state index contributed by atoms with van der Waals surface area (Å²) in [5.41, 5.74) is 2.45. The third-order valence-electron chi connectivity index (χ3n) is 7.99. The molecule has 3 aromatic rings. The smallest absolute Gasteiger partial charge is 0.317 e. The van der Waals surface area contributed by atoms with Crippen LogP contribution < -0.4 is 9.47 Å². The number of para-hydroxylation sites is 2. The third kappa shape index (κ3) is 3.94. The number of imidazole rings is 1. The second-order valence-corrected chi connectivity index (χ2v) is 11.2. The van der Waals surface area contributed by atoms with Gasteiger partial charge in [0.25, 0.3) is 0 Å². The standard InChI is InChI=1S/C28H26BrN3O3/c1-34-24-11-16(9-20(15-30)26-31-22-4-2-3-5-23(22)32-26)10-21(29)25(24)35-27(33)28-12-17-6-18(13-28)8-19(7-17)14-28/h2-5,9-11,17-19H,6-8,12-14H2,1H3,(H,31,32). The van der Waals surface area contributed by atoms with Crippen LogP contribution in [0.2, 0.25) is 0 Å². The third-order valence-corrected chi connectivity index (χ3v) is 8.58. The van der Waals surface area contributed by atoms with Crippen molar-refractivity contribution in [3.63, 3.8) is 0 Å². The number of methoxy groups -OCH3 is 1. The van der Waals surface area contributed by atoms with E-state index in [1.54, 1.807) is 19.3 Å². The van der Waals surface area contributed by atoms with E-state index in [1.165, 1.54) is 19.3 Å². The van der Waals surface area contributed by atoms with Gasteiger partial charge in [0.2, 0.25) is 0 Å². The highest BCUT2D eigenvalue weighted by molar-refractivity contribution is 9.10. The summed E-state index contributed by atoms with van der Waals surface area (Å²) in [4.78, 5) is 21.2. The molecule has 1 aromatic heterocycles. The molecule has 6 nitrogen and oxygen atoms in total. The second-order valence-electron chi connectivity index (χ2n) is 10.4. The fourth-order valence-corrected chi connectivity index (χ4v) is 7.43. The molecule has 0 aliphatic heterocycles. The average Bonchev–Trinajstić information content (AvgIpc) is 3.27. The van der Waals surface area contributed by atoms with Gasteiger partial charge in [-0.1, -0.05) is 12.1 Å². The van der Waals surface area contributed by atoms with Crippen LogP contribution >= 0.6 is 15.9 Å². The van der Waals surface area contributed by atoms with Crippen LogP contribution in [0.5, 0.6) is 11.5 Å². The topological polar surface area (TPSA) is 88.0 Å². The van der Waals surface area contributed by atoms with E-state index in [0.717, 1.165) is 35.9 Å². The molecule has 0 amide bonds. The number of nitriles is 1. The van der Waals surface area contributed by atoms with Crippen molar-refractivity contribution in [2.75, 3.05) is 7.11 Å². The minimum Gasteiger partial charge on any atom is -0.493 e. The molecule has 7 heteroatoms. The molecule has 178 valence electrons. The first-order chi connectivity index (χ1) is 17.0. The van der Waals surface area contributed by atoms with Gasteiger partial charge in [-0.2, -0.15) is 5.26 Å². The highest BCUT2D eigenvalue weighted by Gasteiger charge is 2.55. The minimum absolute atomic E-state index is 0.126. The number of aromatic nitrogens is 2. The number of benzene rings is 2. The molecule has 0 saturated heterocycles. The number of carbonyl (C=O) groups excluding carboxylic acids is 1. The molecule has 0 spiro atoms. The quantitative estimate of drug-likeness (QED) is 0.230. The minimum atomic E-state index is -0.354. The van der Waals surface area contributed by atoms with E-state index in [-0.39, 0.29) is 11.4 Å². The Morgan fingerprint density at radius 2 is 1.86 bits per heavy atom. The Kier molecular flexibility index (Phi) is 5.45. The molecule has 4 aliphatic rings. The molecule has 4 bridgehead atoms. The number of H-pyrrole nitrogens is 1. The number of nitrogens with one attached hydrogen (secondary N) is 1. The Balaban J connectivity index is 1.29. The molecule has 1 heterocycles. The lowest BCUT2D eigenvalue weighted by Gasteiger charge is -2.55. The van der Waals surface area contributed by atoms with Crippen molar-refractivity contribution in [1.29, 1.82) is 5.26 Å². The van der Waals surface area contributed by atoms with Crippen LogP contribution in [0.4, 0.5) is 0 Å². The van der Waals surface area contributed by atoms with Crippen LogP contribution in [-0.4, -0.2) is 23.0 Å². The van der Waals surface area contributed by atoms with E-state index in [0.29, 0.717) is 45.1 Å². The van der Waals surface area contributed by atoms with Crippen LogP contribution in [0.25, 0.3) is 22.7 Å².